The van der Waals surface area contributed by atoms with Crippen molar-refractivity contribution >= 4 is 61.9 Å². The van der Waals surface area contributed by atoms with Crippen LogP contribution in [-0.4, -0.2) is 37.2 Å². The molecule has 6 aromatic rings. The number of methoxy groups -OCH3 is 3. The predicted molar refractivity (Wildman–Crippen MR) is 167 cm³/mol. The summed E-state index contributed by atoms with van der Waals surface area (Å²) in [6, 6.07) is 20.3. The van der Waals surface area contributed by atoms with Gasteiger partial charge in [0.05, 0.1) is 27.0 Å². The maximum absolute atomic E-state index is 12.8. The number of fused-ring (bicyclic) bond motifs is 1. The monoisotopic (exact) mass is 599 g/mol. The number of nitrogens with one attached hydrogen (secondary N) is 2. The van der Waals surface area contributed by atoms with Crippen molar-refractivity contribution in [2.24, 2.45) is 0 Å². The number of hydrogen-bond acceptors (Lipinski definition) is 11. The van der Waals surface area contributed by atoms with Gasteiger partial charge in [-0.05, 0) is 24.3 Å². The van der Waals surface area contributed by atoms with E-state index in [-0.39, 0.29) is 11.7 Å². The highest BCUT2D eigenvalue weighted by Gasteiger charge is 2.18. The van der Waals surface area contributed by atoms with Crippen LogP contribution in [0.2, 0.25) is 0 Å². The van der Waals surface area contributed by atoms with Crippen molar-refractivity contribution in [3.05, 3.63) is 77.9 Å². The van der Waals surface area contributed by atoms with E-state index in [1.165, 1.54) is 22.7 Å². The first-order valence-electron chi connectivity index (χ1n) is 12.7. The van der Waals surface area contributed by atoms with E-state index in [0.717, 1.165) is 26.5 Å². The topological polar surface area (TPSA) is 134 Å². The number of nitrogen functional groups attached to an aromatic ring is 1. The number of thiazole rings is 2. The van der Waals surface area contributed by atoms with Crippen molar-refractivity contribution in [1.82, 2.24) is 9.97 Å². The van der Waals surface area contributed by atoms with Crippen molar-refractivity contribution in [1.29, 1.82) is 0 Å². The number of ether oxygens (including phenoxy) is 3. The lowest BCUT2D eigenvalue weighted by Gasteiger charge is -2.14. The molecule has 0 saturated carbocycles. The van der Waals surface area contributed by atoms with Crippen LogP contribution < -0.4 is 30.6 Å². The van der Waals surface area contributed by atoms with Gasteiger partial charge in [-0.3, -0.25) is 4.79 Å². The van der Waals surface area contributed by atoms with Crippen LogP contribution in [-0.2, 0) is 0 Å². The molecule has 0 aliphatic rings. The molecule has 0 fully saturated rings. The van der Waals surface area contributed by atoms with Gasteiger partial charge >= 0.3 is 0 Å². The van der Waals surface area contributed by atoms with E-state index < -0.39 is 0 Å². The van der Waals surface area contributed by atoms with Gasteiger partial charge in [0.15, 0.2) is 22.4 Å². The van der Waals surface area contributed by atoms with Gasteiger partial charge in [0.2, 0.25) is 5.75 Å². The first-order chi connectivity index (χ1) is 20.4. The number of rotatable bonds is 9. The number of hydrogen-bond donors (Lipinski definition) is 3. The van der Waals surface area contributed by atoms with Crippen LogP contribution in [0.4, 0.5) is 22.3 Å². The SMILES string of the molecule is COc1cc(Nc2nc(N)c(-c3nc(-c4cccc(NC(=O)c5cc6ccccc6o5)c4)cs3)s2)cc(OC)c1OC. The molecular weight excluding hydrogens is 574 g/mol. The fraction of sp³-hybridized carbons (Fsp3) is 0.100. The summed E-state index contributed by atoms with van der Waals surface area (Å²) in [6.45, 7) is 0. The minimum absolute atomic E-state index is 0.245. The predicted octanol–water partition coefficient (Wildman–Crippen LogP) is 7.28. The van der Waals surface area contributed by atoms with Gasteiger partial charge in [-0.1, -0.05) is 41.7 Å². The number of nitrogens with two attached hydrogens (primary N) is 1. The maximum atomic E-state index is 12.8. The molecule has 0 atom stereocenters. The van der Waals surface area contributed by atoms with Crippen LogP contribution in [0.15, 0.2) is 76.5 Å². The van der Waals surface area contributed by atoms with Gasteiger partial charge in [0, 0.05) is 39.8 Å². The van der Waals surface area contributed by atoms with Crippen LogP contribution >= 0.6 is 22.7 Å². The Labute approximate surface area is 248 Å². The second-order valence-corrected chi connectivity index (χ2v) is 10.9. The number of amides is 1. The molecule has 212 valence electrons. The third-order valence-electron chi connectivity index (χ3n) is 6.33. The highest BCUT2D eigenvalue weighted by Crippen LogP contribution is 2.43. The van der Waals surface area contributed by atoms with Gasteiger partial charge in [0.1, 0.15) is 21.3 Å². The van der Waals surface area contributed by atoms with Crippen LogP contribution in [0, 0.1) is 0 Å². The molecular formula is C30H25N5O5S2. The van der Waals surface area contributed by atoms with E-state index in [0.29, 0.717) is 45.2 Å². The average Bonchev–Trinajstić information content (AvgIpc) is 3.75. The van der Waals surface area contributed by atoms with E-state index in [9.17, 15) is 4.79 Å². The number of aromatic nitrogens is 2. The maximum Gasteiger partial charge on any atom is 0.291 e. The third kappa shape index (κ3) is 5.32. The summed E-state index contributed by atoms with van der Waals surface area (Å²) in [7, 11) is 4.67. The Kier molecular flexibility index (Phi) is 7.38. The first kappa shape index (κ1) is 27.1. The summed E-state index contributed by atoms with van der Waals surface area (Å²) >= 11 is 2.84. The molecule has 10 nitrogen and oxygen atoms in total. The molecule has 3 aromatic heterocycles. The quantitative estimate of drug-likeness (QED) is 0.157. The lowest BCUT2D eigenvalue weighted by molar-refractivity contribution is 0.0998. The number of carbonyl (C=O) groups is 1. The Hall–Kier alpha value is -5.07. The summed E-state index contributed by atoms with van der Waals surface area (Å²) in [5.41, 5.74) is 9.88. The second kappa shape index (κ2) is 11.4. The highest BCUT2D eigenvalue weighted by molar-refractivity contribution is 7.23. The lowest BCUT2D eigenvalue weighted by Crippen LogP contribution is -2.10. The molecule has 0 radical (unpaired) electrons. The minimum atomic E-state index is -0.327. The molecule has 0 aliphatic carbocycles. The van der Waals surface area contributed by atoms with Gasteiger partial charge in [-0.15, -0.1) is 11.3 Å². The van der Waals surface area contributed by atoms with E-state index in [1.54, 1.807) is 39.5 Å². The van der Waals surface area contributed by atoms with Crippen LogP contribution in [0.25, 0.3) is 32.1 Å². The number of nitrogens with zero attached hydrogens (tertiary/aromatic N) is 2. The summed E-state index contributed by atoms with van der Waals surface area (Å²) < 4.78 is 22.0. The third-order valence-corrected chi connectivity index (χ3v) is 8.32. The molecule has 4 N–H and O–H groups in total. The van der Waals surface area contributed by atoms with Gasteiger partial charge in [0.25, 0.3) is 5.91 Å². The summed E-state index contributed by atoms with van der Waals surface area (Å²) in [5, 5.41) is 10.3. The number of para-hydroxylation sites is 1. The molecule has 0 saturated heterocycles. The molecule has 0 unspecified atom stereocenters. The van der Waals surface area contributed by atoms with Crippen molar-refractivity contribution in [2.45, 2.75) is 0 Å². The standard InChI is InChI=1S/C30H25N5O5S2/c1-37-22-13-19(14-23(38-2)25(22)39-3)33-30-35-27(31)26(42-30)29-34-20(15-41-29)16-8-6-9-18(11-16)32-28(36)24-12-17-7-4-5-10-21(17)40-24/h4-15H,31H2,1-3H3,(H,32,36)(H,33,35). The van der Waals surface area contributed by atoms with Gasteiger partial charge < -0.3 is 35.0 Å². The van der Waals surface area contributed by atoms with E-state index in [4.69, 9.17) is 29.3 Å². The number of benzene rings is 3. The van der Waals surface area contributed by atoms with Gasteiger partial charge in [-0.2, -0.15) is 0 Å². The Morgan fingerprint density at radius 3 is 2.43 bits per heavy atom. The van der Waals surface area contributed by atoms with Crippen molar-refractivity contribution < 1.29 is 23.4 Å². The summed E-state index contributed by atoms with van der Waals surface area (Å²) in [5.74, 6) is 1.82. The largest absolute Gasteiger partial charge is 0.493 e. The lowest BCUT2D eigenvalue weighted by atomic mass is 10.1. The molecule has 6 rings (SSSR count). The molecule has 12 heteroatoms. The molecule has 3 aromatic carbocycles. The molecule has 3 heterocycles. The van der Waals surface area contributed by atoms with Gasteiger partial charge in [-0.25, -0.2) is 9.97 Å². The van der Waals surface area contributed by atoms with Crippen molar-refractivity contribution in [3.8, 4) is 38.4 Å². The zero-order valence-electron chi connectivity index (χ0n) is 22.8. The number of anilines is 4. The number of furan rings is 1. The molecule has 0 aliphatic heterocycles. The normalized spacial score (nSPS) is 10.9. The van der Waals surface area contributed by atoms with Crippen LogP contribution in [0.1, 0.15) is 10.6 Å². The molecule has 0 spiro atoms. The average molecular weight is 600 g/mol. The Balaban J connectivity index is 1.20. The van der Waals surface area contributed by atoms with E-state index in [1.807, 2.05) is 53.9 Å². The number of carbonyl (C=O) groups excluding carboxylic acids is 1. The van der Waals surface area contributed by atoms with E-state index in [2.05, 4.69) is 15.6 Å². The fourth-order valence-electron chi connectivity index (χ4n) is 4.37. The summed E-state index contributed by atoms with van der Waals surface area (Å²) in [6.07, 6.45) is 0. The Bertz CT molecular complexity index is 1850. The zero-order valence-corrected chi connectivity index (χ0v) is 24.4. The second-order valence-electron chi connectivity index (χ2n) is 8.99. The van der Waals surface area contributed by atoms with Crippen molar-refractivity contribution in [2.75, 3.05) is 37.7 Å². The van der Waals surface area contributed by atoms with Crippen LogP contribution in [0.5, 0.6) is 17.2 Å². The first-order valence-corrected chi connectivity index (χ1v) is 14.3. The fourth-order valence-corrected chi connectivity index (χ4v) is 6.20. The Morgan fingerprint density at radius 1 is 0.905 bits per heavy atom. The molecule has 42 heavy (non-hydrogen) atoms. The molecule has 0 bridgehead atoms. The minimum Gasteiger partial charge on any atom is -0.493 e. The summed E-state index contributed by atoms with van der Waals surface area (Å²) in [4.78, 5) is 22.9. The van der Waals surface area contributed by atoms with E-state index >= 15 is 0 Å². The molecule has 1 amide bonds. The zero-order chi connectivity index (χ0) is 29.2. The van der Waals surface area contributed by atoms with Crippen LogP contribution in [0.3, 0.4) is 0 Å². The Morgan fingerprint density at radius 2 is 1.69 bits per heavy atom. The van der Waals surface area contributed by atoms with Crippen molar-refractivity contribution in [3.63, 3.8) is 0 Å². The smallest absolute Gasteiger partial charge is 0.291 e. The highest BCUT2D eigenvalue weighted by atomic mass is 32.1.